The second-order valence-electron chi connectivity index (χ2n) is 9.32. The van der Waals surface area contributed by atoms with E-state index in [1.165, 1.54) is 11.4 Å². The van der Waals surface area contributed by atoms with Crippen LogP contribution in [-0.2, 0) is 26.1 Å². The van der Waals surface area contributed by atoms with E-state index >= 15 is 0 Å². The topological polar surface area (TPSA) is 87.2 Å². The van der Waals surface area contributed by atoms with E-state index in [9.17, 15) is 18.0 Å². The molecule has 0 saturated carbocycles. The molecule has 0 aromatic heterocycles. The third kappa shape index (κ3) is 8.41. The number of piperidine rings is 1. The van der Waals surface area contributed by atoms with Crippen LogP contribution in [-0.4, -0.2) is 86.0 Å². The van der Waals surface area contributed by atoms with E-state index in [2.05, 4.69) is 0 Å². The Labute approximate surface area is 235 Å². The molecule has 8 nitrogen and oxygen atoms in total. The van der Waals surface area contributed by atoms with E-state index in [0.717, 1.165) is 5.56 Å². The van der Waals surface area contributed by atoms with Crippen LogP contribution in [0.15, 0.2) is 48.5 Å². The summed E-state index contributed by atoms with van der Waals surface area (Å²) in [4.78, 5) is 30.2. The van der Waals surface area contributed by atoms with E-state index in [4.69, 9.17) is 27.9 Å². The average Bonchev–Trinajstić information content (AvgIpc) is 2.89. The van der Waals surface area contributed by atoms with Crippen LogP contribution in [0.4, 0.5) is 0 Å². The van der Waals surface area contributed by atoms with Gasteiger partial charge in [0.2, 0.25) is 15.9 Å². The van der Waals surface area contributed by atoms with Crippen molar-refractivity contribution in [3.8, 4) is 0 Å². The third-order valence-corrected chi connectivity index (χ3v) is 9.07. The SMILES string of the molecule is CCCS(=O)(=O)N(CCOC)CC(=O)N(Cc1cccc(Cl)c1)C1CCN(C(=O)c2ccc(Cl)cc2)CC1. The molecule has 2 amide bonds. The number of likely N-dealkylation sites (tertiary alicyclic amines) is 1. The molecule has 0 bridgehead atoms. The molecule has 2 aromatic rings. The highest BCUT2D eigenvalue weighted by atomic mass is 35.5. The van der Waals surface area contributed by atoms with Crippen molar-refractivity contribution in [1.82, 2.24) is 14.1 Å². The Kier molecular flexibility index (Phi) is 11.4. The lowest BCUT2D eigenvalue weighted by Gasteiger charge is -2.39. The lowest BCUT2D eigenvalue weighted by molar-refractivity contribution is -0.135. The van der Waals surface area contributed by atoms with Crippen LogP contribution < -0.4 is 0 Å². The Hall–Kier alpha value is -2.17. The second kappa shape index (κ2) is 14.3. The van der Waals surface area contributed by atoms with Gasteiger partial charge in [-0.25, -0.2) is 8.42 Å². The second-order valence-corrected chi connectivity index (χ2v) is 12.3. The Bertz CT molecular complexity index is 1190. The zero-order chi connectivity index (χ0) is 27.7. The van der Waals surface area contributed by atoms with Crippen molar-refractivity contribution in [3.63, 3.8) is 0 Å². The summed E-state index contributed by atoms with van der Waals surface area (Å²) in [6, 6.07) is 13.9. The van der Waals surface area contributed by atoms with E-state index < -0.39 is 10.0 Å². The summed E-state index contributed by atoms with van der Waals surface area (Å²) in [7, 11) is -2.12. The lowest BCUT2D eigenvalue weighted by atomic mass is 10.0. The molecule has 2 aromatic carbocycles. The fourth-order valence-corrected chi connectivity index (χ4v) is 6.32. The summed E-state index contributed by atoms with van der Waals surface area (Å²) in [5.74, 6) is -0.406. The zero-order valence-electron chi connectivity index (χ0n) is 21.8. The number of carbonyl (C=O) groups is 2. The summed E-state index contributed by atoms with van der Waals surface area (Å²) in [5.41, 5.74) is 1.42. The standard InChI is InChI=1S/C27H35Cl2N3O5S/c1-3-17-38(35,36)31(15-16-37-2)20-26(33)32(19-21-5-4-6-24(29)18-21)25-11-13-30(14-12-25)27(34)22-7-9-23(28)10-8-22/h4-10,18,25H,3,11-17,19-20H2,1-2H3. The average molecular weight is 585 g/mol. The number of rotatable bonds is 12. The number of amides is 2. The molecular weight excluding hydrogens is 549 g/mol. The third-order valence-electron chi connectivity index (χ3n) is 6.56. The summed E-state index contributed by atoms with van der Waals surface area (Å²) in [5, 5.41) is 1.13. The van der Waals surface area contributed by atoms with Gasteiger partial charge in [0.25, 0.3) is 5.91 Å². The Morgan fingerprint density at radius 3 is 2.34 bits per heavy atom. The van der Waals surface area contributed by atoms with E-state index in [1.54, 1.807) is 53.1 Å². The van der Waals surface area contributed by atoms with Gasteiger partial charge in [-0.05, 0) is 61.2 Å². The van der Waals surface area contributed by atoms with Gasteiger partial charge < -0.3 is 14.5 Å². The number of ether oxygens (including phenoxy) is 1. The van der Waals surface area contributed by atoms with Gasteiger partial charge in [-0.15, -0.1) is 0 Å². The van der Waals surface area contributed by atoms with Crippen molar-refractivity contribution in [2.24, 2.45) is 0 Å². The highest BCUT2D eigenvalue weighted by Crippen LogP contribution is 2.23. The van der Waals surface area contributed by atoms with Crippen molar-refractivity contribution in [1.29, 1.82) is 0 Å². The van der Waals surface area contributed by atoms with Crippen LogP contribution in [0.2, 0.25) is 10.0 Å². The Morgan fingerprint density at radius 2 is 1.74 bits per heavy atom. The Balaban J connectivity index is 1.77. The first-order valence-corrected chi connectivity index (χ1v) is 15.1. The predicted molar refractivity (Wildman–Crippen MR) is 150 cm³/mol. The molecule has 11 heteroatoms. The fourth-order valence-electron chi connectivity index (χ4n) is 4.55. The smallest absolute Gasteiger partial charge is 0.253 e. The number of methoxy groups -OCH3 is 1. The van der Waals surface area contributed by atoms with E-state index in [1.807, 2.05) is 12.1 Å². The van der Waals surface area contributed by atoms with Gasteiger partial charge in [-0.2, -0.15) is 4.31 Å². The molecule has 1 fully saturated rings. The molecule has 1 aliphatic rings. The first kappa shape index (κ1) is 30.4. The monoisotopic (exact) mass is 583 g/mol. The number of hydrogen-bond acceptors (Lipinski definition) is 5. The number of nitrogens with zero attached hydrogens (tertiary/aromatic N) is 3. The largest absolute Gasteiger partial charge is 0.383 e. The van der Waals surface area contributed by atoms with Crippen molar-refractivity contribution in [3.05, 3.63) is 69.7 Å². The molecule has 0 spiro atoms. The first-order chi connectivity index (χ1) is 18.1. The van der Waals surface area contributed by atoms with Crippen molar-refractivity contribution in [2.75, 3.05) is 45.6 Å². The summed E-state index contributed by atoms with van der Waals surface area (Å²) in [6.07, 6.45) is 1.60. The van der Waals surface area contributed by atoms with Crippen molar-refractivity contribution in [2.45, 2.75) is 38.8 Å². The normalized spacial score (nSPS) is 14.6. The number of halogens is 2. The van der Waals surface area contributed by atoms with E-state index in [0.29, 0.717) is 54.5 Å². The van der Waals surface area contributed by atoms with Crippen molar-refractivity contribution >= 4 is 45.0 Å². The quantitative estimate of drug-likeness (QED) is 0.371. The molecule has 0 aliphatic carbocycles. The number of sulfonamides is 1. The van der Waals surface area contributed by atoms with Crippen LogP contribution in [0, 0.1) is 0 Å². The number of hydrogen-bond donors (Lipinski definition) is 0. The first-order valence-electron chi connectivity index (χ1n) is 12.7. The molecule has 1 saturated heterocycles. The minimum absolute atomic E-state index is 0.0382. The van der Waals surface area contributed by atoms with Gasteiger partial charge in [-0.1, -0.05) is 42.3 Å². The minimum atomic E-state index is -3.61. The fraction of sp³-hybridized carbons (Fsp3) is 0.481. The van der Waals surface area contributed by atoms with E-state index in [-0.39, 0.29) is 43.3 Å². The maximum Gasteiger partial charge on any atom is 0.253 e. The minimum Gasteiger partial charge on any atom is -0.383 e. The zero-order valence-corrected chi connectivity index (χ0v) is 24.1. The number of carbonyl (C=O) groups excluding carboxylic acids is 2. The number of benzene rings is 2. The molecule has 1 aliphatic heterocycles. The molecule has 0 atom stereocenters. The van der Waals surface area contributed by atoms with Gasteiger partial charge in [0.05, 0.1) is 18.9 Å². The maximum atomic E-state index is 13.7. The molecule has 0 radical (unpaired) electrons. The van der Waals surface area contributed by atoms with Gasteiger partial charge in [0.15, 0.2) is 0 Å². The molecule has 1 heterocycles. The summed E-state index contributed by atoms with van der Waals surface area (Å²) >= 11 is 12.1. The molecular formula is C27H35Cl2N3O5S. The van der Waals surface area contributed by atoms with Gasteiger partial charge in [-0.3, -0.25) is 9.59 Å². The molecule has 0 unspecified atom stereocenters. The maximum absolute atomic E-state index is 13.7. The van der Waals surface area contributed by atoms with Crippen LogP contribution >= 0.6 is 23.2 Å². The van der Waals surface area contributed by atoms with Gasteiger partial charge in [0.1, 0.15) is 0 Å². The predicted octanol–water partition coefficient (Wildman–Crippen LogP) is 4.32. The van der Waals surface area contributed by atoms with Crippen LogP contribution in [0.1, 0.15) is 42.1 Å². The summed E-state index contributed by atoms with van der Waals surface area (Å²) < 4.78 is 32.1. The van der Waals surface area contributed by atoms with Gasteiger partial charge >= 0.3 is 0 Å². The summed E-state index contributed by atoms with van der Waals surface area (Å²) in [6.45, 7) is 3.06. The van der Waals surface area contributed by atoms with Crippen LogP contribution in [0.5, 0.6) is 0 Å². The lowest BCUT2D eigenvalue weighted by Crippen LogP contribution is -2.51. The molecule has 3 rings (SSSR count). The van der Waals surface area contributed by atoms with Gasteiger partial charge in [0, 0.05) is 54.9 Å². The van der Waals surface area contributed by atoms with Crippen molar-refractivity contribution < 1.29 is 22.7 Å². The molecule has 0 N–H and O–H groups in total. The highest BCUT2D eigenvalue weighted by molar-refractivity contribution is 7.89. The van der Waals surface area contributed by atoms with Crippen LogP contribution in [0.25, 0.3) is 0 Å². The highest BCUT2D eigenvalue weighted by Gasteiger charge is 2.33. The molecule has 208 valence electrons. The molecule has 38 heavy (non-hydrogen) atoms. The van der Waals surface area contributed by atoms with Crippen LogP contribution in [0.3, 0.4) is 0 Å². The Morgan fingerprint density at radius 1 is 1.05 bits per heavy atom.